The second-order valence-electron chi connectivity index (χ2n) is 13.9. The number of aromatic nitrogens is 2. The lowest BCUT2D eigenvalue weighted by atomic mass is 10.0. The third-order valence-corrected chi connectivity index (χ3v) is 13.7. The van der Waals surface area contributed by atoms with Crippen molar-refractivity contribution in [3.8, 4) is 0 Å². The molecule has 1 N–H and O–H groups in total. The Bertz CT molecular complexity index is 1010. The first kappa shape index (κ1) is 37.9. The Morgan fingerprint density at radius 2 is 1.44 bits per heavy atom. The monoisotopic (exact) mass is 625 g/mol. The Balaban J connectivity index is 1.80. The lowest BCUT2D eigenvalue weighted by molar-refractivity contribution is -0.178. The van der Waals surface area contributed by atoms with E-state index in [1.54, 1.807) is 7.11 Å². The van der Waals surface area contributed by atoms with Crippen molar-refractivity contribution in [2.75, 3.05) is 27.3 Å². The summed E-state index contributed by atoms with van der Waals surface area (Å²) in [4.78, 5) is 32.8. The van der Waals surface area contributed by atoms with Crippen LogP contribution in [0.1, 0.15) is 124 Å². The quantitative estimate of drug-likeness (QED) is 0.0828. The average molecular weight is 626 g/mol. The lowest BCUT2D eigenvalue weighted by Crippen LogP contribution is -2.50. The maximum atomic E-state index is 12.6. The second-order valence-corrected chi connectivity index (χ2v) is 18.6. The van der Waals surface area contributed by atoms with Crippen molar-refractivity contribution in [2.24, 2.45) is 0 Å². The largest absolute Gasteiger partial charge is 0.408 e. The summed E-state index contributed by atoms with van der Waals surface area (Å²) in [6.07, 6.45) is 18.0. The Morgan fingerprint density at radius 1 is 0.907 bits per heavy atom. The van der Waals surface area contributed by atoms with Gasteiger partial charge in [0, 0.05) is 33.0 Å². The maximum Gasteiger partial charge on any atom is 0.330 e. The molecule has 0 aromatic carbocycles. The zero-order valence-corrected chi connectivity index (χ0v) is 29.6. The summed E-state index contributed by atoms with van der Waals surface area (Å²) in [5.41, 5.74) is -0.991. The number of nitrogens with one attached hydrogen (secondary N) is 1. The predicted octanol–water partition coefficient (Wildman–Crippen LogP) is 7.18. The van der Waals surface area contributed by atoms with Crippen LogP contribution in [0.2, 0.25) is 18.1 Å². The Hall–Kier alpha value is -1.30. The van der Waals surface area contributed by atoms with Gasteiger partial charge in [0.2, 0.25) is 0 Å². The molecule has 10 heteroatoms. The molecule has 0 bridgehead atoms. The van der Waals surface area contributed by atoms with Gasteiger partial charge in [-0.3, -0.25) is 19.2 Å². The van der Waals surface area contributed by atoms with Gasteiger partial charge in [-0.15, -0.1) is 0 Å². The van der Waals surface area contributed by atoms with Crippen molar-refractivity contribution in [1.82, 2.24) is 14.6 Å². The molecule has 1 aromatic heterocycles. The number of unbranched alkanes of at least 4 members (excludes halogenated alkanes) is 13. The van der Waals surface area contributed by atoms with Crippen LogP contribution in [0.15, 0.2) is 21.9 Å². The van der Waals surface area contributed by atoms with Crippen LogP contribution in [0.3, 0.4) is 0 Å². The number of hydrogen-bond acceptors (Lipinski definition) is 7. The van der Waals surface area contributed by atoms with E-state index in [4.69, 9.17) is 18.7 Å². The molecule has 0 spiro atoms. The van der Waals surface area contributed by atoms with Gasteiger partial charge < -0.3 is 13.9 Å². The Kier molecular flexibility index (Phi) is 17.0. The molecule has 1 fully saturated rings. The van der Waals surface area contributed by atoms with Gasteiger partial charge >= 0.3 is 5.69 Å². The highest BCUT2D eigenvalue weighted by Crippen LogP contribution is 2.41. The van der Waals surface area contributed by atoms with Gasteiger partial charge in [0.15, 0.2) is 14.5 Å². The van der Waals surface area contributed by atoms with E-state index in [0.29, 0.717) is 0 Å². The highest BCUT2D eigenvalue weighted by atomic mass is 28.4. The van der Waals surface area contributed by atoms with E-state index < -0.39 is 44.1 Å². The van der Waals surface area contributed by atoms with Crippen LogP contribution in [0.4, 0.5) is 0 Å². The van der Waals surface area contributed by atoms with Crippen molar-refractivity contribution in [3.63, 3.8) is 0 Å². The number of aromatic amines is 1. The van der Waals surface area contributed by atoms with Gasteiger partial charge in [-0.25, -0.2) is 4.79 Å². The van der Waals surface area contributed by atoms with Crippen LogP contribution in [0.5, 0.6) is 0 Å². The number of H-pyrrole nitrogens is 1. The zero-order valence-electron chi connectivity index (χ0n) is 28.6. The van der Waals surface area contributed by atoms with Crippen molar-refractivity contribution >= 4 is 8.32 Å². The molecule has 0 unspecified atom stereocenters. The minimum atomic E-state index is -2.21. The molecule has 0 radical (unpaired) electrons. The molecule has 0 saturated carbocycles. The molecular formula is C33H63N3O6Si. The van der Waals surface area contributed by atoms with Crippen LogP contribution in [0.25, 0.3) is 0 Å². The van der Waals surface area contributed by atoms with E-state index in [0.717, 1.165) is 13.0 Å². The van der Waals surface area contributed by atoms with Crippen molar-refractivity contribution < 1.29 is 18.7 Å². The van der Waals surface area contributed by atoms with E-state index in [2.05, 4.69) is 45.8 Å². The van der Waals surface area contributed by atoms with E-state index >= 15 is 0 Å². The highest BCUT2D eigenvalue weighted by Gasteiger charge is 2.51. The first-order valence-corrected chi connectivity index (χ1v) is 19.8. The molecule has 0 amide bonds. The summed E-state index contributed by atoms with van der Waals surface area (Å²) in [5.74, 6) is 0. The number of nitrogens with zero attached hydrogens (tertiary/aromatic N) is 2. The van der Waals surface area contributed by atoms with Crippen LogP contribution in [0, 0.1) is 0 Å². The standard InChI is InChI=1S/C33H63N3O6Si/c1-9-10-11-12-13-14-15-16-17-18-19-20-21-22-24-35(5)40-26-27-29(42-43(7,8)33(2,3)4)30(39-6)31(41-27)36-25-23-28(37)34-32(36)38/h23,25,27,29-31H,9-22,24,26H2,1-8H3,(H,34,37,38)/t27-,29-,30-,31-/m1/s1. The maximum absolute atomic E-state index is 12.6. The summed E-state index contributed by atoms with van der Waals surface area (Å²) in [5, 5.41) is 1.86. The predicted molar refractivity (Wildman–Crippen MR) is 177 cm³/mol. The number of ether oxygens (including phenoxy) is 2. The van der Waals surface area contributed by atoms with Gasteiger partial charge in [-0.05, 0) is 24.6 Å². The Morgan fingerprint density at radius 3 is 1.93 bits per heavy atom. The molecule has 1 aromatic rings. The van der Waals surface area contributed by atoms with Crippen molar-refractivity contribution in [1.29, 1.82) is 0 Å². The molecule has 2 heterocycles. The van der Waals surface area contributed by atoms with Crippen LogP contribution in [-0.4, -0.2) is 68.6 Å². The molecule has 1 aliphatic heterocycles. The third kappa shape index (κ3) is 12.9. The number of hydroxylamine groups is 2. The average Bonchev–Trinajstić information content (AvgIpc) is 3.27. The van der Waals surface area contributed by atoms with Crippen molar-refractivity contribution in [2.45, 2.75) is 160 Å². The first-order valence-electron chi connectivity index (χ1n) is 16.9. The zero-order chi connectivity index (χ0) is 31.9. The van der Waals surface area contributed by atoms with Crippen molar-refractivity contribution in [3.05, 3.63) is 33.1 Å². The fourth-order valence-electron chi connectivity index (χ4n) is 5.40. The number of rotatable bonds is 22. The fraction of sp³-hybridized carbons (Fsp3) is 0.879. The van der Waals surface area contributed by atoms with Gasteiger partial charge in [0.05, 0.1) is 6.61 Å². The molecular weight excluding hydrogens is 562 g/mol. The molecule has 9 nitrogen and oxygen atoms in total. The summed E-state index contributed by atoms with van der Waals surface area (Å²) in [6, 6.07) is 1.31. The molecule has 250 valence electrons. The minimum Gasteiger partial charge on any atom is -0.408 e. The lowest BCUT2D eigenvalue weighted by Gasteiger charge is -2.40. The molecule has 0 aliphatic carbocycles. The van der Waals surface area contributed by atoms with E-state index in [1.807, 2.05) is 12.1 Å². The van der Waals surface area contributed by atoms with Gasteiger partial charge in [0.25, 0.3) is 5.56 Å². The third-order valence-electron chi connectivity index (χ3n) is 9.21. The molecule has 2 rings (SSSR count). The smallest absolute Gasteiger partial charge is 0.330 e. The van der Waals surface area contributed by atoms with Crippen LogP contribution in [-0.2, 0) is 18.7 Å². The summed E-state index contributed by atoms with van der Waals surface area (Å²) >= 11 is 0. The SMILES string of the molecule is CCCCCCCCCCCCCCCCN(C)OC[C@H]1O[C@@H](n2ccc(=O)[nH]c2=O)[C@H](OC)[C@@H]1O[Si](C)(C)C(C)(C)C. The number of hydrogen-bond donors (Lipinski definition) is 1. The van der Waals surface area contributed by atoms with Crippen LogP contribution >= 0.6 is 0 Å². The summed E-state index contributed by atoms with van der Waals surface area (Å²) in [6.45, 7) is 14.4. The molecule has 43 heavy (non-hydrogen) atoms. The normalized spacial score (nSPS) is 21.2. The van der Waals surface area contributed by atoms with Gasteiger partial charge in [-0.2, -0.15) is 5.06 Å². The highest BCUT2D eigenvalue weighted by molar-refractivity contribution is 6.74. The van der Waals surface area contributed by atoms with Crippen LogP contribution < -0.4 is 11.2 Å². The first-order chi connectivity index (χ1) is 20.4. The van der Waals surface area contributed by atoms with E-state index in [-0.39, 0.29) is 11.6 Å². The summed E-state index contributed by atoms with van der Waals surface area (Å²) in [7, 11) is 1.35. The number of methoxy groups -OCH3 is 1. The second kappa shape index (κ2) is 19.3. The minimum absolute atomic E-state index is 0.0196. The van der Waals surface area contributed by atoms with Gasteiger partial charge in [-0.1, -0.05) is 111 Å². The van der Waals surface area contributed by atoms with E-state index in [9.17, 15) is 9.59 Å². The Labute approximate surface area is 262 Å². The molecule has 4 atom stereocenters. The topological polar surface area (TPSA) is 95.0 Å². The molecule has 1 aliphatic rings. The summed E-state index contributed by atoms with van der Waals surface area (Å²) < 4.78 is 20.4. The molecule has 1 saturated heterocycles. The van der Waals surface area contributed by atoms with E-state index in [1.165, 1.54) is 100 Å². The fourth-order valence-corrected chi connectivity index (χ4v) is 6.72. The van der Waals surface area contributed by atoms with Gasteiger partial charge in [0.1, 0.15) is 18.3 Å².